The summed E-state index contributed by atoms with van der Waals surface area (Å²) in [6.07, 6.45) is -4.73. The maximum atomic E-state index is 13.6. The molecule has 0 saturated carbocycles. The predicted molar refractivity (Wildman–Crippen MR) is 136 cm³/mol. The van der Waals surface area contributed by atoms with Gasteiger partial charge in [0.2, 0.25) is 0 Å². The van der Waals surface area contributed by atoms with E-state index in [-0.39, 0.29) is 32.0 Å². The summed E-state index contributed by atoms with van der Waals surface area (Å²) >= 11 is 6.59. The van der Waals surface area contributed by atoms with Gasteiger partial charge in [-0.15, -0.1) is 11.3 Å². The number of primary amides is 1. The molecule has 3 aromatic heterocycles. The van der Waals surface area contributed by atoms with Gasteiger partial charge < -0.3 is 11.1 Å². The molecule has 0 aliphatic carbocycles. The molecular weight excluding hydrogens is 527 g/mol. The first-order valence-electron chi connectivity index (χ1n) is 10.6. The third-order valence-electron chi connectivity index (χ3n) is 5.46. The van der Waals surface area contributed by atoms with E-state index >= 15 is 0 Å². The van der Waals surface area contributed by atoms with Crippen LogP contribution in [0.25, 0.3) is 32.6 Å². The molecule has 186 valence electrons. The van der Waals surface area contributed by atoms with E-state index in [1.807, 2.05) is 0 Å². The van der Waals surface area contributed by atoms with Gasteiger partial charge in [-0.1, -0.05) is 54.1 Å². The summed E-state index contributed by atoms with van der Waals surface area (Å²) in [5, 5.41) is 10.1. The van der Waals surface area contributed by atoms with Gasteiger partial charge in [-0.05, 0) is 35.4 Å². The van der Waals surface area contributed by atoms with Crippen LogP contribution in [0, 0.1) is 0 Å². The second-order valence-electron chi connectivity index (χ2n) is 7.90. The van der Waals surface area contributed by atoms with Gasteiger partial charge in [0.15, 0.2) is 0 Å². The lowest BCUT2D eigenvalue weighted by Crippen LogP contribution is -2.17. The smallest absolute Gasteiger partial charge is 0.365 e. The fraction of sp³-hybridized carbons (Fsp3) is 0.0400. The van der Waals surface area contributed by atoms with Crippen molar-refractivity contribution in [3.05, 3.63) is 88.0 Å². The van der Waals surface area contributed by atoms with Crippen LogP contribution in [-0.2, 0) is 6.18 Å². The molecule has 5 aromatic rings. The first-order valence-corrected chi connectivity index (χ1v) is 11.8. The zero-order chi connectivity index (χ0) is 26.3. The number of amides is 2. The normalized spacial score (nSPS) is 11.6. The zero-order valence-electron chi connectivity index (χ0n) is 18.6. The van der Waals surface area contributed by atoms with Crippen LogP contribution >= 0.6 is 22.9 Å². The van der Waals surface area contributed by atoms with E-state index in [0.29, 0.717) is 33.2 Å². The topological polar surface area (TPSA) is 114 Å². The number of thiophene rings is 1. The highest BCUT2D eigenvalue weighted by Crippen LogP contribution is 2.43. The van der Waals surface area contributed by atoms with E-state index in [2.05, 4.69) is 20.5 Å². The maximum absolute atomic E-state index is 13.6. The summed E-state index contributed by atoms with van der Waals surface area (Å²) in [5.74, 6) is -1.59. The van der Waals surface area contributed by atoms with Crippen molar-refractivity contribution in [3.8, 4) is 22.4 Å². The minimum Gasteiger partial charge on any atom is -0.365 e. The third kappa shape index (κ3) is 4.78. The monoisotopic (exact) mass is 541 g/mol. The molecule has 0 aliphatic rings. The molecule has 0 unspecified atom stereocenters. The summed E-state index contributed by atoms with van der Waals surface area (Å²) in [7, 11) is 0. The number of anilines is 1. The molecule has 0 radical (unpaired) electrons. The number of hydrogen-bond donors (Lipinski definition) is 3. The van der Waals surface area contributed by atoms with E-state index in [4.69, 9.17) is 17.3 Å². The molecule has 0 bridgehead atoms. The number of hydrogen-bond acceptors (Lipinski definition) is 5. The summed E-state index contributed by atoms with van der Waals surface area (Å²) in [6, 6.07) is 17.5. The number of benzene rings is 2. The Kier molecular flexibility index (Phi) is 6.18. The van der Waals surface area contributed by atoms with Crippen molar-refractivity contribution in [2.24, 2.45) is 5.73 Å². The maximum Gasteiger partial charge on any atom is 0.433 e. The Morgan fingerprint density at radius 1 is 1.00 bits per heavy atom. The number of alkyl halides is 3. The number of fused-ring (bicyclic) bond motifs is 1. The highest BCUT2D eigenvalue weighted by Gasteiger charge is 2.35. The molecule has 7 nitrogen and oxygen atoms in total. The highest BCUT2D eigenvalue weighted by atomic mass is 35.5. The lowest BCUT2D eigenvalue weighted by atomic mass is 10.0. The number of aromatic amines is 1. The molecule has 37 heavy (non-hydrogen) atoms. The van der Waals surface area contributed by atoms with Crippen molar-refractivity contribution < 1.29 is 22.8 Å². The summed E-state index contributed by atoms with van der Waals surface area (Å²) in [6.45, 7) is 0. The van der Waals surface area contributed by atoms with Crippen molar-refractivity contribution in [2.75, 3.05) is 5.32 Å². The van der Waals surface area contributed by atoms with Crippen LogP contribution in [0.3, 0.4) is 0 Å². The first-order chi connectivity index (χ1) is 17.6. The van der Waals surface area contributed by atoms with Gasteiger partial charge in [0, 0.05) is 16.0 Å². The Balaban J connectivity index is 1.62. The molecule has 2 aromatic carbocycles. The molecule has 0 atom stereocenters. The van der Waals surface area contributed by atoms with Gasteiger partial charge in [-0.3, -0.25) is 14.7 Å². The molecule has 12 heteroatoms. The van der Waals surface area contributed by atoms with Gasteiger partial charge in [0.05, 0.1) is 11.4 Å². The minimum atomic E-state index is -4.73. The van der Waals surface area contributed by atoms with Crippen LogP contribution < -0.4 is 11.1 Å². The average Bonchev–Trinajstić information content (AvgIpc) is 3.50. The van der Waals surface area contributed by atoms with E-state index in [1.54, 1.807) is 54.6 Å². The molecule has 0 spiro atoms. The van der Waals surface area contributed by atoms with Crippen LogP contribution in [0.15, 0.2) is 66.7 Å². The predicted octanol–water partition coefficient (Wildman–Crippen LogP) is 6.38. The average molecular weight is 542 g/mol. The van der Waals surface area contributed by atoms with Crippen molar-refractivity contribution >= 4 is 50.7 Å². The number of H-pyrrole nitrogens is 1. The number of nitrogens with two attached hydrogens (primary N) is 1. The lowest BCUT2D eigenvalue weighted by molar-refractivity contribution is -0.140. The Morgan fingerprint density at radius 2 is 1.70 bits per heavy atom. The van der Waals surface area contributed by atoms with Crippen molar-refractivity contribution in [1.29, 1.82) is 0 Å². The largest absolute Gasteiger partial charge is 0.433 e. The van der Waals surface area contributed by atoms with Crippen LogP contribution in [0.5, 0.6) is 0 Å². The fourth-order valence-electron chi connectivity index (χ4n) is 3.77. The summed E-state index contributed by atoms with van der Waals surface area (Å²) < 4.78 is 40.9. The van der Waals surface area contributed by atoms with E-state index in [9.17, 15) is 22.8 Å². The van der Waals surface area contributed by atoms with E-state index in [1.165, 1.54) is 6.07 Å². The molecule has 3 heterocycles. The summed E-state index contributed by atoms with van der Waals surface area (Å²) in [5.41, 5.74) is 6.19. The number of carbonyl (C=O) groups excluding carboxylic acids is 2. The quantitative estimate of drug-likeness (QED) is 0.240. The Morgan fingerprint density at radius 3 is 2.35 bits per heavy atom. The van der Waals surface area contributed by atoms with E-state index in [0.717, 1.165) is 6.07 Å². The van der Waals surface area contributed by atoms with Crippen molar-refractivity contribution in [1.82, 2.24) is 15.2 Å². The highest BCUT2D eigenvalue weighted by molar-refractivity contribution is 7.21. The molecule has 0 aliphatic heterocycles. The number of nitrogens with zero attached hydrogens (tertiary/aromatic N) is 2. The molecule has 5 rings (SSSR count). The van der Waals surface area contributed by atoms with Gasteiger partial charge in [0.1, 0.15) is 21.1 Å². The van der Waals surface area contributed by atoms with Crippen LogP contribution in [-0.4, -0.2) is 27.0 Å². The van der Waals surface area contributed by atoms with Crippen LogP contribution in [0.4, 0.5) is 18.9 Å². The third-order valence-corrected chi connectivity index (χ3v) is 6.81. The van der Waals surface area contributed by atoms with Gasteiger partial charge in [-0.25, -0.2) is 4.98 Å². The zero-order valence-corrected chi connectivity index (χ0v) is 20.1. The lowest BCUT2D eigenvalue weighted by Gasteiger charge is -2.12. The second-order valence-corrected chi connectivity index (χ2v) is 9.33. The van der Waals surface area contributed by atoms with Gasteiger partial charge >= 0.3 is 6.18 Å². The molecule has 4 N–H and O–H groups in total. The van der Waals surface area contributed by atoms with E-state index < -0.39 is 23.7 Å². The number of halogens is 4. The number of nitrogens with one attached hydrogen (secondary N) is 2. The summed E-state index contributed by atoms with van der Waals surface area (Å²) in [4.78, 5) is 28.9. The molecule has 0 saturated heterocycles. The molecule has 2 amide bonds. The fourth-order valence-corrected chi connectivity index (χ4v) is 4.90. The Bertz CT molecular complexity index is 1650. The standard InChI is InChI=1S/C25H15ClF3N5O2S/c26-14-8-6-13(7-9-14)16-11-17(34-33-16)23(36)32-20-19-15(12-4-2-1-3-5-12)10-18(25(27,28)29)31-24(19)37-21(20)22(30)35/h1-11H,(H2,30,35)(H,32,36)(H,33,34). The van der Waals surface area contributed by atoms with Crippen molar-refractivity contribution in [3.63, 3.8) is 0 Å². The number of pyridine rings is 1. The minimum absolute atomic E-state index is 0.0276. The Labute approximate surface area is 216 Å². The second kappa shape index (κ2) is 9.34. The van der Waals surface area contributed by atoms with Crippen LogP contribution in [0.2, 0.25) is 5.02 Å². The number of rotatable bonds is 5. The van der Waals surface area contributed by atoms with Gasteiger partial charge in [0.25, 0.3) is 11.8 Å². The molecular formula is C25H15ClF3N5O2S. The first kappa shape index (κ1) is 24.5. The van der Waals surface area contributed by atoms with Crippen molar-refractivity contribution in [2.45, 2.75) is 6.18 Å². The molecule has 0 fully saturated rings. The number of aromatic nitrogens is 3. The van der Waals surface area contributed by atoms with Gasteiger partial charge in [-0.2, -0.15) is 18.3 Å². The SMILES string of the molecule is NC(=O)c1sc2nc(C(F)(F)F)cc(-c3ccccc3)c2c1NC(=O)c1cc(-c2ccc(Cl)cc2)n[nH]1. The van der Waals surface area contributed by atoms with Crippen LogP contribution in [0.1, 0.15) is 25.9 Å². The Hall–Kier alpha value is -4.22. The number of carbonyl (C=O) groups is 2.